The molecule has 0 radical (unpaired) electrons. The summed E-state index contributed by atoms with van der Waals surface area (Å²) in [6, 6.07) is 10.8. The number of H-pyrrole nitrogens is 1. The normalized spacial score (nSPS) is 10.7. The summed E-state index contributed by atoms with van der Waals surface area (Å²) in [5, 5.41) is 29.6. The number of hydrogen-bond donors (Lipinski definition) is 3. The third-order valence-corrected chi connectivity index (χ3v) is 5.31. The molecule has 11 nitrogen and oxygen atoms in total. The number of non-ortho nitro benzene ring substituents is 1. The van der Waals surface area contributed by atoms with Crippen LogP contribution in [0.2, 0.25) is 0 Å². The molecule has 0 spiro atoms. The fourth-order valence-corrected chi connectivity index (χ4v) is 3.36. The lowest BCUT2D eigenvalue weighted by molar-refractivity contribution is -0.384. The summed E-state index contributed by atoms with van der Waals surface area (Å²) in [5.41, 5.74) is 1.07. The number of nitro groups is 1. The standard InChI is InChI=1S/C26H32N4O7/c1-3-5-13-35-20-15-23(36-14-6-4-2)25(21-17-22(29-28-21)26(32)27-11-12-31)24(16-20)37-19-9-7-18(8-10-19)30(33)34/h7-10,15-17,31H,3-6,11-14H2,1-2H3,(H,27,32)(H,28,29). The van der Waals surface area contributed by atoms with Gasteiger partial charge in [0.15, 0.2) is 5.69 Å². The summed E-state index contributed by atoms with van der Waals surface area (Å²) in [6.45, 7) is 5.01. The van der Waals surface area contributed by atoms with Gasteiger partial charge in [-0.15, -0.1) is 0 Å². The Labute approximate surface area is 214 Å². The van der Waals surface area contributed by atoms with Crippen molar-refractivity contribution in [2.75, 3.05) is 26.4 Å². The minimum Gasteiger partial charge on any atom is -0.493 e. The van der Waals surface area contributed by atoms with Gasteiger partial charge in [-0.25, -0.2) is 0 Å². The summed E-state index contributed by atoms with van der Waals surface area (Å²) >= 11 is 0. The van der Waals surface area contributed by atoms with E-state index in [1.54, 1.807) is 18.2 Å². The van der Waals surface area contributed by atoms with Crippen molar-refractivity contribution in [2.24, 2.45) is 0 Å². The molecule has 11 heteroatoms. The fourth-order valence-electron chi connectivity index (χ4n) is 3.36. The second kappa shape index (κ2) is 13.8. The number of carbonyl (C=O) groups excluding carboxylic acids is 1. The summed E-state index contributed by atoms with van der Waals surface area (Å²) in [4.78, 5) is 22.9. The predicted octanol–water partition coefficient (Wildman–Crippen LogP) is 4.86. The van der Waals surface area contributed by atoms with Crippen LogP contribution in [0.15, 0.2) is 42.5 Å². The number of nitrogens with one attached hydrogen (secondary N) is 2. The van der Waals surface area contributed by atoms with Crippen LogP contribution in [0.4, 0.5) is 5.69 Å². The van der Waals surface area contributed by atoms with E-state index in [0.717, 1.165) is 25.7 Å². The molecule has 0 aliphatic heterocycles. The first-order chi connectivity index (χ1) is 18.0. The highest BCUT2D eigenvalue weighted by Gasteiger charge is 2.21. The number of carbonyl (C=O) groups is 1. The minimum atomic E-state index is -0.481. The highest BCUT2D eigenvalue weighted by atomic mass is 16.6. The monoisotopic (exact) mass is 512 g/mol. The van der Waals surface area contributed by atoms with Gasteiger partial charge in [0.2, 0.25) is 0 Å². The number of benzene rings is 2. The molecular formula is C26H32N4O7. The second-order valence-electron chi connectivity index (χ2n) is 8.20. The summed E-state index contributed by atoms with van der Waals surface area (Å²) in [6.07, 6.45) is 3.61. The van der Waals surface area contributed by atoms with Gasteiger partial charge in [-0.05, 0) is 31.0 Å². The van der Waals surface area contributed by atoms with Crippen LogP contribution in [-0.4, -0.2) is 52.5 Å². The number of unbranched alkanes of at least 4 members (excludes halogenated alkanes) is 2. The molecule has 0 atom stereocenters. The highest BCUT2D eigenvalue weighted by molar-refractivity contribution is 5.94. The van der Waals surface area contributed by atoms with E-state index in [1.165, 1.54) is 24.3 Å². The minimum absolute atomic E-state index is 0.0556. The van der Waals surface area contributed by atoms with E-state index in [-0.39, 0.29) is 24.5 Å². The molecule has 3 rings (SSSR count). The lowest BCUT2D eigenvalue weighted by Crippen LogP contribution is -2.26. The second-order valence-corrected chi connectivity index (χ2v) is 8.20. The van der Waals surface area contributed by atoms with Crippen LogP contribution in [-0.2, 0) is 0 Å². The largest absolute Gasteiger partial charge is 0.493 e. The van der Waals surface area contributed by atoms with Crippen molar-refractivity contribution in [1.82, 2.24) is 15.5 Å². The molecule has 0 fully saturated rings. The Morgan fingerprint density at radius 1 is 1.03 bits per heavy atom. The van der Waals surface area contributed by atoms with Gasteiger partial charge in [-0.2, -0.15) is 5.10 Å². The first-order valence-electron chi connectivity index (χ1n) is 12.3. The third-order valence-electron chi connectivity index (χ3n) is 5.31. The first kappa shape index (κ1) is 27.5. The average Bonchev–Trinajstić information content (AvgIpc) is 3.38. The summed E-state index contributed by atoms with van der Waals surface area (Å²) in [7, 11) is 0. The van der Waals surface area contributed by atoms with Gasteiger partial charge in [0.1, 0.15) is 23.0 Å². The first-order valence-corrected chi connectivity index (χ1v) is 12.3. The molecule has 3 aromatic rings. The van der Waals surface area contributed by atoms with Gasteiger partial charge in [0, 0.05) is 30.8 Å². The molecule has 1 heterocycles. The molecule has 1 aromatic heterocycles. The zero-order valence-corrected chi connectivity index (χ0v) is 21.0. The van der Waals surface area contributed by atoms with Crippen molar-refractivity contribution < 1.29 is 29.0 Å². The van der Waals surface area contributed by atoms with Gasteiger partial charge in [-0.1, -0.05) is 26.7 Å². The maximum Gasteiger partial charge on any atom is 0.271 e. The number of aliphatic hydroxyl groups is 1. The molecule has 3 N–H and O–H groups in total. The Hall–Kier alpha value is -4.12. The van der Waals surface area contributed by atoms with E-state index in [9.17, 15) is 14.9 Å². The maximum absolute atomic E-state index is 12.4. The number of amides is 1. The Balaban J connectivity index is 2.06. The fraction of sp³-hybridized carbons (Fsp3) is 0.385. The molecule has 0 aliphatic carbocycles. The zero-order chi connectivity index (χ0) is 26.6. The van der Waals surface area contributed by atoms with Gasteiger partial charge in [0.25, 0.3) is 11.6 Å². The highest BCUT2D eigenvalue weighted by Crippen LogP contribution is 2.43. The molecule has 198 valence electrons. The SMILES string of the molecule is CCCCOc1cc(OCCCC)c(-c2cc(C(=O)NCCO)n[nH]2)c(Oc2ccc([N+](=O)[O-])cc2)c1. The Morgan fingerprint density at radius 3 is 2.35 bits per heavy atom. The Kier molecular flexibility index (Phi) is 10.3. The van der Waals surface area contributed by atoms with Crippen LogP contribution in [0, 0.1) is 10.1 Å². The van der Waals surface area contributed by atoms with Crippen molar-refractivity contribution in [3.8, 4) is 34.3 Å². The molecular weight excluding hydrogens is 480 g/mol. The number of nitrogens with zero attached hydrogens (tertiary/aromatic N) is 2. The van der Waals surface area contributed by atoms with E-state index >= 15 is 0 Å². The number of aromatic nitrogens is 2. The molecule has 0 aliphatic rings. The number of aliphatic hydroxyl groups excluding tert-OH is 1. The number of ether oxygens (including phenoxy) is 3. The molecule has 0 saturated carbocycles. The van der Waals surface area contributed by atoms with Crippen molar-refractivity contribution in [2.45, 2.75) is 39.5 Å². The van der Waals surface area contributed by atoms with Gasteiger partial charge >= 0.3 is 0 Å². The number of hydrogen-bond acceptors (Lipinski definition) is 8. The van der Waals surface area contributed by atoms with Crippen LogP contribution in [0.5, 0.6) is 23.0 Å². The number of aromatic amines is 1. The maximum atomic E-state index is 12.4. The van der Waals surface area contributed by atoms with Crippen LogP contribution < -0.4 is 19.5 Å². The van der Waals surface area contributed by atoms with E-state index in [4.69, 9.17) is 19.3 Å². The molecule has 2 aromatic carbocycles. The van der Waals surface area contributed by atoms with Crippen LogP contribution in [0.1, 0.15) is 50.0 Å². The topological polar surface area (TPSA) is 149 Å². The van der Waals surface area contributed by atoms with E-state index in [2.05, 4.69) is 29.4 Å². The Bertz CT molecular complexity index is 1180. The van der Waals surface area contributed by atoms with Crippen molar-refractivity contribution in [1.29, 1.82) is 0 Å². The number of rotatable bonds is 15. The molecule has 0 bridgehead atoms. The third kappa shape index (κ3) is 7.68. The van der Waals surface area contributed by atoms with Crippen LogP contribution >= 0.6 is 0 Å². The lowest BCUT2D eigenvalue weighted by atomic mass is 10.1. The van der Waals surface area contributed by atoms with Crippen LogP contribution in [0.25, 0.3) is 11.3 Å². The smallest absolute Gasteiger partial charge is 0.271 e. The van der Waals surface area contributed by atoms with Crippen LogP contribution in [0.3, 0.4) is 0 Å². The van der Waals surface area contributed by atoms with E-state index < -0.39 is 10.8 Å². The van der Waals surface area contributed by atoms with Crippen molar-refractivity contribution >= 4 is 11.6 Å². The summed E-state index contributed by atoms with van der Waals surface area (Å²) in [5.74, 6) is 1.31. The van der Waals surface area contributed by atoms with E-state index in [1.807, 2.05) is 0 Å². The van der Waals surface area contributed by atoms with Gasteiger partial charge in [0.05, 0.1) is 36.0 Å². The van der Waals surface area contributed by atoms with Gasteiger partial charge in [-0.3, -0.25) is 20.0 Å². The molecule has 1 amide bonds. The zero-order valence-electron chi connectivity index (χ0n) is 21.0. The molecule has 37 heavy (non-hydrogen) atoms. The van der Waals surface area contributed by atoms with Gasteiger partial charge < -0.3 is 24.6 Å². The molecule has 0 saturated heterocycles. The average molecular weight is 513 g/mol. The van der Waals surface area contributed by atoms with Crippen molar-refractivity contribution in [3.05, 3.63) is 58.3 Å². The van der Waals surface area contributed by atoms with Crippen molar-refractivity contribution in [3.63, 3.8) is 0 Å². The Morgan fingerprint density at radius 2 is 1.70 bits per heavy atom. The number of nitro benzene ring substituents is 1. The quantitative estimate of drug-likeness (QED) is 0.149. The lowest BCUT2D eigenvalue weighted by Gasteiger charge is -2.18. The summed E-state index contributed by atoms with van der Waals surface area (Å²) < 4.78 is 18.2. The predicted molar refractivity (Wildman–Crippen MR) is 137 cm³/mol. The van der Waals surface area contributed by atoms with E-state index in [0.29, 0.717) is 47.5 Å². The molecule has 0 unspecified atom stereocenters.